The number of carbonyl (C=O) groups excluding carboxylic acids is 1. The number of halogens is 3. The van der Waals surface area contributed by atoms with Crippen LogP contribution in [0, 0.1) is 12.3 Å². The van der Waals surface area contributed by atoms with E-state index in [-0.39, 0.29) is 29.4 Å². The van der Waals surface area contributed by atoms with E-state index >= 15 is 0 Å². The number of nitrogens with one attached hydrogen (secondary N) is 2. The van der Waals surface area contributed by atoms with Crippen LogP contribution in [0.1, 0.15) is 30.6 Å². The van der Waals surface area contributed by atoms with Crippen LogP contribution in [0.25, 0.3) is 0 Å². The van der Waals surface area contributed by atoms with Crippen molar-refractivity contribution < 1.29 is 13.6 Å². The fourth-order valence-corrected chi connectivity index (χ4v) is 1.60. The molecule has 0 saturated heterocycles. The summed E-state index contributed by atoms with van der Waals surface area (Å²) in [5.41, 5.74) is -0.695. The Morgan fingerprint density at radius 1 is 1.57 bits per heavy atom. The van der Waals surface area contributed by atoms with E-state index in [4.69, 9.17) is 18.0 Å². The third-order valence-corrected chi connectivity index (χ3v) is 2.75. The summed E-state index contributed by atoms with van der Waals surface area (Å²) < 4.78 is 24.3. The van der Waals surface area contributed by atoms with Crippen LogP contribution in [0.15, 0.2) is 12.3 Å². The molecule has 1 heterocycles. The van der Waals surface area contributed by atoms with Crippen molar-refractivity contribution in [3.05, 3.63) is 22.8 Å². The Balaban J connectivity index is 2.91. The lowest BCUT2D eigenvalue weighted by atomic mass is 10.1. The first kappa shape index (κ1) is 17.2. The number of amides is 1. The molecule has 21 heavy (non-hydrogen) atoms. The summed E-state index contributed by atoms with van der Waals surface area (Å²) >= 11 is 5.82. The van der Waals surface area contributed by atoms with E-state index in [9.17, 15) is 13.6 Å². The van der Waals surface area contributed by atoms with Crippen molar-refractivity contribution in [2.45, 2.75) is 32.2 Å². The molecular formula is C14H16ClF2N3O. The summed E-state index contributed by atoms with van der Waals surface area (Å²) in [6.07, 6.45) is 3.86. The highest BCUT2D eigenvalue weighted by Gasteiger charge is 2.21. The van der Waals surface area contributed by atoms with Gasteiger partial charge in [0.25, 0.3) is 5.91 Å². The van der Waals surface area contributed by atoms with Gasteiger partial charge in [-0.05, 0) is 19.9 Å². The molecule has 0 bridgehead atoms. The number of anilines is 1. The minimum Gasteiger partial charge on any atom is -0.369 e. The molecule has 0 atom stereocenters. The minimum absolute atomic E-state index is 0.00882. The zero-order chi connectivity index (χ0) is 16.0. The first-order valence-electron chi connectivity index (χ1n) is 6.23. The lowest BCUT2D eigenvalue weighted by Gasteiger charge is -2.20. The maximum absolute atomic E-state index is 12.2. The number of carbonyl (C=O) groups is 1. The molecule has 1 aromatic rings. The number of alkyl halides is 2. The Bertz CT molecular complexity index is 556. The number of hydrogen-bond donors (Lipinski definition) is 2. The number of aromatic nitrogens is 1. The van der Waals surface area contributed by atoms with E-state index in [1.165, 1.54) is 12.3 Å². The topological polar surface area (TPSA) is 54.0 Å². The lowest BCUT2D eigenvalue weighted by molar-refractivity contribution is 0.0930. The van der Waals surface area contributed by atoms with Gasteiger partial charge in [0.05, 0.1) is 16.1 Å². The third-order valence-electron chi connectivity index (χ3n) is 2.54. The largest absolute Gasteiger partial charge is 0.369 e. The monoisotopic (exact) mass is 315 g/mol. The number of hydrogen-bond acceptors (Lipinski definition) is 3. The van der Waals surface area contributed by atoms with Gasteiger partial charge in [-0.1, -0.05) is 17.5 Å². The van der Waals surface area contributed by atoms with Crippen molar-refractivity contribution in [1.82, 2.24) is 10.3 Å². The summed E-state index contributed by atoms with van der Waals surface area (Å²) in [5, 5.41) is 5.58. The maximum Gasteiger partial charge on any atom is 0.256 e. The standard InChI is InChI=1S/C14H16ClF2N3O/c1-4-14(2,3)20-13(21)10-7-9(15)8-19-12(10)18-6-5-11(16)17/h1,7-8,11H,5-6H2,2-3H3,(H,18,19)(H,20,21). The number of rotatable bonds is 6. The molecule has 1 rings (SSSR count). The van der Waals surface area contributed by atoms with E-state index in [0.717, 1.165) is 0 Å². The van der Waals surface area contributed by atoms with Crippen LogP contribution in [0.4, 0.5) is 14.6 Å². The summed E-state index contributed by atoms with van der Waals surface area (Å²) in [5.74, 6) is 2.14. The molecule has 1 amide bonds. The Labute approximate surface area is 127 Å². The first-order valence-corrected chi connectivity index (χ1v) is 6.61. The zero-order valence-corrected chi connectivity index (χ0v) is 12.5. The first-order chi connectivity index (χ1) is 9.75. The fourth-order valence-electron chi connectivity index (χ4n) is 1.44. The quantitative estimate of drug-likeness (QED) is 0.794. The van der Waals surface area contributed by atoms with Gasteiger partial charge >= 0.3 is 0 Å². The molecule has 1 aromatic heterocycles. The molecule has 114 valence electrons. The van der Waals surface area contributed by atoms with Crippen LogP contribution in [-0.2, 0) is 0 Å². The molecule has 0 aliphatic carbocycles. The molecule has 4 nitrogen and oxygen atoms in total. The zero-order valence-electron chi connectivity index (χ0n) is 11.7. The molecule has 0 aromatic carbocycles. The van der Waals surface area contributed by atoms with Crippen molar-refractivity contribution in [1.29, 1.82) is 0 Å². The SMILES string of the molecule is C#CC(C)(C)NC(=O)c1cc(Cl)cnc1NCCC(F)F. The predicted molar refractivity (Wildman–Crippen MR) is 78.7 cm³/mol. The van der Waals surface area contributed by atoms with Crippen LogP contribution in [0.2, 0.25) is 5.02 Å². The molecule has 0 aliphatic heterocycles. The summed E-state index contributed by atoms with van der Waals surface area (Å²) in [6, 6.07) is 1.40. The second kappa shape index (κ2) is 7.23. The highest BCUT2D eigenvalue weighted by Crippen LogP contribution is 2.19. The van der Waals surface area contributed by atoms with E-state index < -0.39 is 17.9 Å². The van der Waals surface area contributed by atoms with E-state index in [1.807, 2.05) is 0 Å². The second-order valence-corrected chi connectivity index (χ2v) is 5.32. The summed E-state index contributed by atoms with van der Waals surface area (Å²) in [4.78, 5) is 16.1. The lowest BCUT2D eigenvalue weighted by Crippen LogP contribution is -2.42. The van der Waals surface area contributed by atoms with Gasteiger partial charge in [0.2, 0.25) is 6.43 Å². The number of pyridine rings is 1. The highest BCUT2D eigenvalue weighted by atomic mass is 35.5. The van der Waals surface area contributed by atoms with Crippen molar-refractivity contribution in [2.75, 3.05) is 11.9 Å². The molecule has 0 unspecified atom stereocenters. The van der Waals surface area contributed by atoms with Gasteiger partial charge in [-0.15, -0.1) is 6.42 Å². The average molecular weight is 316 g/mol. The van der Waals surface area contributed by atoms with Gasteiger partial charge in [0, 0.05) is 19.2 Å². The van der Waals surface area contributed by atoms with Gasteiger partial charge in [0.1, 0.15) is 5.82 Å². The molecule has 0 aliphatic rings. The van der Waals surface area contributed by atoms with Crippen LogP contribution in [-0.4, -0.2) is 29.4 Å². The Kier molecular flexibility index (Phi) is 5.91. The molecule has 7 heteroatoms. The van der Waals surface area contributed by atoms with Crippen molar-refractivity contribution >= 4 is 23.3 Å². The van der Waals surface area contributed by atoms with Crippen LogP contribution in [0.3, 0.4) is 0 Å². The van der Waals surface area contributed by atoms with E-state index in [1.54, 1.807) is 13.8 Å². The van der Waals surface area contributed by atoms with Crippen LogP contribution in [0.5, 0.6) is 0 Å². The van der Waals surface area contributed by atoms with Gasteiger partial charge in [0.15, 0.2) is 0 Å². The highest BCUT2D eigenvalue weighted by molar-refractivity contribution is 6.31. The van der Waals surface area contributed by atoms with Gasteiger partial charge in [-0.3, -0.25) is 4.79 Å². The molecule has 2 N–H and O–H groups in total. The third kappa shape index (κ3) is 5.56. The maximum atomic E-state index is 12.2. The normalized spacial score (nSPS) is 11.1. The number of terminal acetylenes is 1. The van der Waals surface area contributed by atoms with Gasteiger partial charge in [-0.25, -0.2) is 13.8 Å². The Hall–Kier alpha value is -1.87. The minimum atomic E-state index is -2.43. The predicted octanol–water partition coefficient (Wildman–Crippen LogP) is 2.94. The molecule has 0 fully saturated rings. The molecule has 0 radical (unpaired) electrons. The number of nitrogens with zero attached hydrogens (tertiary/aromatic N) is 1. The fraction of sp³-hybridized carbons (Fsp3) is 0.429. The molecule has 0 spiro atoms. The van der Waals surface area contributed by atoms with Crippen molar-refractivity contribution in [3.63, 3.8) is 0 Å². The van der Waals surface area contributed by atoms with Crippen molar-refractivity contribution in [2.24, 2.45) is 0 Å². The van der Waals surface area contributed by atoms with E-state index in [0.29, 0.717) is 0 Å². The Morgan fingerprint density at radius 3 is 2.81 bits per heavy atom. The molecular weight excluding hydrogens is 300 g/mol. The smallest absolute Gasteiger partial charge is 0.256 e. The van der Waals surface area contributed by atoms with Gasteiger partial charge in [-0.2, -0.15) is 0 Å². The van der Waals surface area contributed by atoms with Crippen LogP contribution < -0.4 is 10.6 Å². The average Bonchev–Trinajstić information content (AvgIpc) is 2.39. The van der Waals surface area contributed by atoms with Gasteiger partial charge < -0.3 is 10.6 Å². The summed E-state index contributed by atoms with van der Waals surface area (Å²) in [6.45, 7) is 3.31. The van der Waals surface area contributed by atoms with Crippen LogP contribution >= 0.6 is 11.6 Å². The van der Waals surface area contributed by atoms with Crippen molar-refractivity contribution in [3.8, 4) is 12.3 Å². The summed E-state index contributed by atoms with van der Waals surface area (Å²) in [7, 11) is 0. The van der Waals surface area contributed by atoms with E-state index in [2.05, 4.69) is 21.5 Å². The Morgan fingerprint density at radius 2 is 2.24 bits per heavy atom. The molecule has 0 saturated carbocycles. The second-order valence-electron chi connectivity index (χ2n) is 4.88.